The van der Waals surface area contributed by atoms with Crippen LogP contribution in [0.25, 0.3) is 0 Å². The van der Waals surface area contributed by atoms with Gasteiger partial charge in [-0.1, -0.05) is 0 Å². The standard InChI is InChI=1S/C9H5F2NO6/c10-9(11)18-7-2-5(8(14)15)6(12(16)17)1-4(7)3-13/h1-3,9H,(H,14,15). The molecule has 18 heavy (non-hydrogen) atoms. The fourth-order valence-corrected chi connectivity index (χ4v) is 1.20. The van der Waals surface area contributed by atoms with E-state index in [2.05, 4.69) is 4.74 Å². The Kier molecular flexibility index (Phi) is 3.87. The monoisotopic (exact) mass is 261 g/mol. The smallest absolute Gasteiger partial charge is 0.387 e. The SMILES string of the molecule is O=Cc1cc([N+](=O)[O-])c(C(=O)O)cc1OC(F)F. The first-order chi connectivity index (χ1) is 8.36. The van der Waals surface area contributed by atoms with E-state index in [1.807, 2.05) is 0 Å². The number of carbonyl (C=O) groups is 2. The summed E-state index contributed by atoms with van der Waals surface area (Å²) in [7, 11) is 0. The molecule has 0 radical (unpaired) electrons. The van der Waals surface area contributed by atoms with E-state index in [0.717, 1.165) is 0 Å². The molecular weight excluding hydrogens is 256 g/mol. The molecule has 0 heterocycles. The van der Waals surface area contributed by atoms with E-state index in [9.17, 15) is 28.5 Å². The molecule has 1 aromatic rings. The zero-order valence-corrected chi connectivity index (χ0v) is 8.50. The van der Waals surface area contributed by atoms with Crippen LogP contribution in [0.4, 0.5) is 14.5 Å². The fourth-order valence-electron chi connectivity index (χ4n) is 1.20. The summed E-state index contributed by atoms with van der Waals surface area (Å²) in [6, 6.07) is 1.07. The van der Waals surface area contributed by atoms with E-state index in [1.54, 1.807) is 0 Å². The molecule has 7 nitrogen and oxygen atoms in total. The van der Waals surface area contributed by atoms with Gasteiger partial charge in [-0.25, -0.2) is 4.79 Å². The van der Waals surface area contributed by atoms with Crippen LogP contribution >= 0.6 is 0 Å². The van der Waals surface area contributed by atoms with Gasteiger partial charge >= 0.3 is 12.6 Å². The normalized spacial score (nSPS) is 10.2. The molecule has 1 rings (SSSR count). The van der Waals surface area contributed by atoms with Crippen LogP contribution in [0.15, 0.2) is 12.1 Å². The van der Waals surface area contributed by atoms with Crippen LogP contribution in [-0.4, -0.2) is 28.9 Å². The second-order valence-electron chi connectivity index (χ2n) is 2.97. The number of halogens is 2. The van der Waals surface area contributed by atoms with Crippen molar-refractivity contribution in [3.8, 4) is 5.75 Å². The molecule has 0 aliphatic rings. The summed E-state index contributed by atoms with van der Waals surface area (Å²) in [5.41, 5.74) is -2.26. The third kappa shape index (κ3) is 2.75. The van der Waals surface area contributed by atoms with Crippen LogP contribution in [-0.2, 0) is 0 Å². The number of ether oxygens (including phenoxy) is 1. The van der Waals surface area contributed by atoms with Crippen molar-refractivity contribution in [2.24, 2.45) is 0 Å². The zero-order chi connectivity index (χ0) is 13.9. The van der Waals surface area contributed by atoms with Gasteiger partial charge in [-0.2, -0.15) is 8.78 Å². The number of nitrogens with zero attached hydrogens (tertiary/aromatic N) is 1. The van der Waals surface area contributed by atoms with E-state index in [4.69, 9.17) is 5.11 Å². The number of carboxylic acids is 1. The van der Waals surface area contributed by atoms with Crippen molar-refractivity contribution < 1.29 is 33.1 Å². The fraction of sp³-hybridized carbons (Fsp3) is 0.111. The quantitative estimate of drug-likeness (QED) is 0.491. The number of nitro groups is 1. The third-order valence-electron chi connectivity index (χ3n) is 1.90. The predicted octanol–water partition coefficient (Wildman–Crippen LogP) is 1.71. The number of rotatable bonds is 5. The molecule has 0 spiro atoms. The van der Waals surface area contributed by atoms with Crippen molar-refractivity contribution in [3.63, 3.8) is 0 Å². The van der Waals surface area contributed by atoms with Crippen molar-refractivity contribution in [3.05, 3.63) is 33.4 Å². The molecule has 0 amide bonds. The van der Waals surface area contributed by atoms with Crippen LogP contribution in [0.3, 0.4) is 0 Å². The number of carbonyl (C=O) groups excluding carboxylic acids is 1. The van der Waals surface area contributed by atoms with Crippen LogP contribution in [0.2, 0.25) is 0 Å². The molecule has 0 aliphatic heterocycles. The first-order valence-electron chi connectivity index (χ1n) is 4.32. The number of aldehydes is 1. The second kappa shape index (κ2) is 5.17. The average molecular weight is 261 g/mol. The molecule has 0 unspecified atom stereocenters. The minimum Gasteiger partial charge on any atom is -0.477 e. The lowest BCUT2D eigenvalue weighted by Crippen LogP contribution is -2.09. The minimum atomic E-state index is -3.29. The Balaban J connectivity index is 3.46. The molecule has 0 atom stereocenters. The van der Waals surface area contributed by atoms with Crippen molar-refractivity contribution in [1.29, 1.82) is 0 Å². The van der Waals surface area contributed by atoms with Gasteiger partial charge in [-0.3, -0.25) is 14.9 Å². The Morgan fingerprint density at radius 2 is 2.11 bits per heavy atom. The maximum Gasteiger partial charge on any atom is 0.387 e. The van der Waals surface area contributed by atoms with Gasteiger partial charge in [0.05, 0.1) is 10.5 Å². The van der Waals surface area contributed by atoms with Crippen molar-refractivity contribution in [2.75, 3.05) is 0 Å². The van der Waals surface area contributed by atoms with E-state index in [1.165, 1.54) is 0 Å². The Bertz CT molecular complexity index is 516. The van der Waals surface area contributed by atoms with Gasteiger partial charge in [0.15, 0.2) is 6.29 Å². The Morgan fingerprint density at radius 3 is 2.50 bits per heavy atom. The van der Waals surface area contributed by atoms with Crippen molar-refractivity contribution >= 4 is 17.9 Å². The summed E-state index contributed by atoms with van der Waals surface area (Å²) in [5, 5.41) is 19.3. The van der Waals surface area contributed by atoms with Gasteiger partial charge in [-0.15, -0.1) is 0 Å². The molecular formula is C9H5F2NO6. The first-order valence-corrected chi connectivity index (χ1v) is 4.32. The molecule has 0 saturated heterocycles. The highest BCUT2D eigenvalue weighted by atomic mass is 19.3. The largest absolute Gasteiger partial charge is 0.477 e. The molecule has 96 valence electrons. The summed E-state index contributed by atoms with van der Waals surface area (Å²) in [6.07, 6.45) is 0.0519. The number of benzene rings is 1. The minimum absolute atomic E-state index is 0.0519. The molecule has 1 N–H and O–H groups in total. The summed E-state index contributed by atoms with van der Waals surface area (Å²) < 4.78 is 27.9. The molecule has 0 fully saturated rings. The van der Waals surface area contributed by atoms with Gasteiger partial charge in [0.1, 0.15) is 11.3 Å². The summed E-state index contributed by atoms with van der Waals surface area (Å²) in [4.78, 5) is 30.8. The Hall–Kier alpha value is -2.58. The highest BCUT2D eigenvalue weighted by molar-refractivity contribution is 5.95. The number of nitro benzene ring substituents is 1. The maximum atomic E-state index is 12.0. The van der Waals surface area contributed by atoms with E-state index >= 15 is 0 Å². The van der Waals surface area contributed by atoms with Gasteiger partial charge < -0.3 is 9.84 Å². The number of carboxylic acid groups (broad SMARTS) is 1. The molecule has 0 aliphatic carbocycles. The van der Waals surface area contributed by atoms with Gasteiger partial charge in [0, 0.05) is 12.1 Å². The average Bonchev–Trinajstić information content (AvgIpc) is 2.27. The van der Waals surface area contributed by atoms with Crippen LogP contribution in [0, 0.1) is 10.1 Å². The van der Waals surface area contributed by atoms with Crippen LogP contribution < -0.4 is 4.74 Å². The number of aromatic carboxylic acids is 1. The molecule has 1 aromatic carbocycles. The van der Waals surface area contributed by atoms with E-state index in [-0.39, 0.29) is 6.29 Å². The molecule has 9 heteroatoms. The van der Waals surface area contributed by atoms with Crippen LogP contribution in [0.1, 0.15) is 20.7 Å². The number of hydrogen-bond acceptors (Lipinski definition) is 5. The summed E-state index contributed by atoms with van der Waals surface area (Å²) in [6.45, 7) is -3.29. The second-order valence-corrected chi connectivity index (χ2v) is 2.97. The first kappa shape index (κ1) is 13.5. The van der Waals surface area contributed by atoms with Crippen molar-refractivity contribution in [2.45, 2.75) is 6.61 Å². The molecule has 0 aromatic heterocycles. The van der Waals surface area contributed by atoms with Crippen LogP contribution in [0.5, 0.6) is 5.75 Å². The van der Waals surface area contributed by atoms with E-state index < -0.39 is 40.1 Å². The van der Waals surface area contributed by atoms with Crippen molar-refractivity contribution in [1.82, 2.24) is 0 Å². The lowest BCUT2D eigenvalue weighted by atomic mass is 10.1. The van der Waals surface area contributed by atoms with Gasteiger partial charge in [-0.05, 0) is 0 Å². The topological polar surface area (TPSA) is 107 Å². The number of hydrogen-bond donors (Lipinski definition) is 1. The molecule has 0 saturated carbocycles. The van der Waals surface area contributed by atoms with Gasteiger partial charge in [0.25, 0.3) is 5.69 Å². The Morgan fingerprint density at radius 1 is 1.50 bits per heavy atom. The maximum absolute atomic E-state index is 12.0. The highest BCUT2D eigenvalue weighted by Gasteiger charge is 2.24. The third-order valence-corrected chi connectivity index (χ3v) is 1.90. The molecule has 0 bridgehead atoms. The predicted molar refractivity (Wildman–Crippen MR) is 52.1 cm³/mol. The summed E-state index contributed by atoms with van der Waals surface area (Å²) >= 11 is 0. The lowest BCUT2D eigenvalue weighted by Gasteiger charge is -2.08. The lowest BCUT2D eigenvalue weighted by molar-refractivity contribution is -0.385. The van der Waals surface area contributed by atoms with E-state index in [0.29, 0.717) is 12.1 Å². The Labute approximate surface area is 97.7 Å². The highest BCUT2D eigenvalue weighted by Crippen LogP contribution is 2.29. The number of alkyl halides is 2. The zero-order valence-electron chi connectivity index (χ0n) is 8.50. The summed E-state index contributed by atoms with van der Waals surface area (Å²) in [5.74, 6) is -2.43. The van der Waals surface area contributed by atoms with Gasteiger partial charge in [0.2, 0.25) is 0 Å².